The molecule has 3 heteroatoms. The van der Waals surface area contributed by atoms with Gasteiger partial charge in [-0.1, -0.05) is 37.6 Å². The fourth-order valence-corrected chi connectivity index (χ4v) is 7.59. The second-order valence-electron chi connectivity index (χ2n) is 9.42. The number of rotatable bonds is 1. The minimum atomic E-state index is -0.608. The molecule has 0 aliphatic heterocycles. The van der Waals surface area contributed by atoms with Gasteiger partial charge < -0.3 is 5.11 Å². The summed E-state index contributed by atoms with van der Waals surface area (Å²) in [5, 5.41) is 11.8. The molecule has 4 aliphatic rings. The smallest absolute Gasteiger partial charge is 0.174 e. The molecule has 0 bridgehead atoms. The molecule has 0 spiro atoms. The van der Waals surface area contributed by atoms with E-state index in [9.17, 15) is 9.90 Å². The van der Waals surface area contributed by atoms with E-state index in [0.717, 1.165) is 44.9 Å². The highest BCUT2D eigenvalue weighted by atomic mass is 35.5. The molecule has 138 valence electrons. The van der Waals surface area contributed by atoms with Crippen molar-refractivity contribution in [3.05, 3.63) is 22.8 Å². The summed E-state index contributed by atoms with van der Waals surface area (Å²) < 4.78 is 0. The van der Waals surface area contributed by atoms with Gasteiger partial charge in [0.25, 0.3) is 0 Å². The van der Waals surface area contributed by atoms with Crippen molar-refractivity contribution >= 4 is 17.4 Å². The largest absolute Gasteiger partial charge is 0.389 e. The average molecular weight is 363 g/mol. The van der Waals surface area contributed by atoms with Crippen LogP contribution in [0.5, 0.6) is 0 Å². The minimum absolute atomic E-state index is 0.00871. The van der Waals surface area contributed by atoms with Crippen molar-refractivity contribution in [2.45, 2.75) is 77.7 Å². The molecule has 2 saturated carbocycles. The predicted octanol–water partition coefficient (Wildman–Crippen LogP) is 5.39. The zero-order chi connectivity index (χ0) is 18.0. The Kier molecular flexibility index (Phi) is 4.05. The Balaban J connectivity index is 1.76. The van der Waals surface area contributed by atoms with Crippen LogP contribution in [0.15, 0.2) is 22.8 Å². The first-order chi connectivity index (χ1) is 11.8. The molecule has 6 atom stereocenters. The quantitative estimate of drug-likeness (QED) is 0.635. The van der Waals surface area contributed by atoms with E-state index < -0.39 is 5.60 Å². The van der Waals surface area contributed by atoms with Crippen molar-refractivity contribution in [1.82, 2.24) is 0 Å². The van der Waals surface area contributed by atoms with Crippen LogP contribution in [0.1, 0.15) is 72.1 Å². The third kappa shape index (κ3) is 2.22. The Labute approximate surface area is 156 Å². The molecule has 1 N–H and O–H groups in total. The van der Waals surface area contributed by atoms with Gasteiger partial charge in [0.15, 0.2) is 5.78 Å². The molecule has 4 rings (SSSR count). The summed E-state index contributed by atoms with van der Waals surface area (Å²) >= 11 is 6.47. The first-order valence-corrected chi connectivity index (χ1v) is 10.5. The first kappa shape index (κ1) is 17.8. The van der Waals surface area contributed by atoms with E-state index in [1.807, 2.05) is 0 Å². The van der Waals surface area contributed by atoms with E-state index in [-0.39, 0.29) is 16.6 Å². The molecule has 2 nitrogen and oxygen atoms in total. The Bertz CT molecular complexity index is 661. The van der Waals surface area contributed by atoms with Gasteiger partial charge in [0, 0.05) is 11.8 Å². The number of hydrogen-bond donors (Lipinski definition) is 1. The minimum Gasteiger partial charge on any atom is -0.389 e. The van der Waals surface area contributed by atoms with Crippen LogP contribution in [-0.2, 0) is 4.79 Å². The molecular formula is C22H31ClO2. The Morgan fingerprint density at radius 1 is 1.24 bits per heavy atom. The molecule has 0 heterocycles. The molecule has 0 unspecified atom stereocenters. The number of halogens is 1. The van der Waals surface area contributed by atoms with Crippen LogP contribution in [0.4, 0.5) is 0 Å². The van der Waals surface area contributed by atoms with Gasteiger partial charge >= 0.3 is 0 Å². The molecule has 0 aromatic heterocycles. The topological polar surface area (TPSA) is 37.3 Å². The summed E-state index contributed by atoms with van der Waals surface area (Å²) in [5.74, 6) is 1.78. The van der Waals surface area contributed by atoms with Gasteiger partial charge in [-0.05, 0) is 80.6 Å². The van der Waals surface area contributed by atoms with Crippen LogP contribution < -0.4 is 0 Å². The number of hydrogen-bond acceptors (Lipinski definition) is 2. The van der Waals surface area contributed by atoms with E-state index in [1.165, 1.54) is 5.57 Å². The second kappa shape index (κ2) is 5.70. The van der Waals surface area contributed by atoms with E-state index in [4.69, 9.17) is 11.6 Å². The fourth-order valence-electron chi connectivity index (χ4n) is 7.19. The number of allylic oxidation sites excluding steroid dienone is 3. The highest BCUT2D eigenvalue weighted by Gasteiger charge is 2.61. The van der Waals surface area contributed by atoms with E-state index in [0.29, 0.717) is 29.2 Å². The molecule has 0 amide bonds. The van der Waals surface area contributed by atoms with Gasteiger partial charge in [-0.3, -0.25) is 4.79 Å². The summed E-state index contributed by atoms with van der Waals surface area (Å²) in [6.07, 6.45) is 12.3. The third-order valence-electron chi connectivity index (χ3n) is 8.70. The van der Waals surface area contributed by atoms with Crippen molar-refractivity contribution in [3.8, 4) is 0 Å². The lowest BCUT2D eigenvalue weighted by atomic mass is 9.42. The second-order valence-corrected chi connectivity index (χ2v) is 9.80. The maximum Gasteiger partial charge on any atom is 0.174 e. The highest BCUT2D eigenvalue weighted by Crippen LogP contribution is 2.66. The molecule has 0 aromatic rings. The van der Waals surface area contributed by atoms with Crippen molar-refractivity contribution < 1.29 is 9.90 Å². The molecule has 0 saturated heterocycles. The Hall–Kier alpha value is -0.600. The van der Waals surface area contributed by atoms with Crippen molar-refractivity contribution in [2.75, 3.05) is 0 Å². The van der Waals surface area contributed by atoms with Gasteiger partial charge in [0.1, 0.15) is 0 Å². The van der Waals surface area contributed by atoms with E-state index >= 15 is 0 Å². The van der Waals surface area contributed by atoms with E-state index in [1.54, 1.807) is 0 Å². The van der Waals surface area contributed by atoms with Crippen molar-refractivity contribution in [1.29, 1.82) is 0 Å². The van der Waals surface area contributed by atoms with Crippen molar-refractivity contribution in [3.63, 3.8) is 0 Å². The van der Waals surface area contributed by atoms with Crippen LogP contribution in [-0.4, -0.2) is 16.5 Å². The number of aliphatic hydroxyl groups is 1. The summed E-state index contributed by atoms with van der Waals surface area (Å²) in [7, 11) is 0. The summed E-state index contributed by atoms with van der Waals surface area (Å²) in [4.78, 5) is 12.1. The van der Waals surface area contributed by atoms with Gasteiger partial charge in [-0.25, -0.2) is 0 Å². The molecule has 25 heavy (non-hydrogen) atoms. The number of carbonyl (C=O) groups excluding carboxylic acids is 1. The summed E-state index contributed by atoms with van der Waals surface area (Å²) in [6.45, 7) is 6.67. The first-order valence-electron chi connectivity index (χ1n) is 10.1. The number of Topliss-reactive ketones (excluding diaryl/α,β-unsaturated/α-hetero) is 1. The third-order valence-corrected chi connectivity index (χ3v) is 9.14. The number of ketones is 1. The van der Waals surface area contributed by atoms with Crippen molar-refractivity contribution in [2.24, 2.45) is 28.6 Å². The van der Waals surface area contributed by atoms with Crippen LogP contribution in [0.2, 0.25) is 0 Å². The standard InChI is InChI=1S/C22H31ClO2/c1-4-22-13-9-15-14(16(22)6-5-11-21(22,3)25)7-8-17-19(23)18(24)10-12-20(15,17)2/h5-6,14-16,25H,4,7-13H2,1-3H3/t14-,15+,16+,20-,21+,22+/m1/s1. The molecule has 0 aromatic carbocycles. The van der Waals surface area contributed by atoms with Gasteiger partial charge in [0.05, 0.1) is 10.6 Å². The SMILES string of the molecule is CC[C@]12CC[C@H]3[C@@H](CCC4=C(Cl)C(=O)CC[C@@]43C)[C@@H]1C=CC[C@]2(C)O. The van der Waals surface area contributed by atoms with Crippen LogP contribution >= 0.6 is 11.6 Å². The maximum atomic E-state index is 12.1. The normalized spacial score (nSPS) is 49.5. The van der Waals surface area contributed by atoms with Gasteiger partial charge in [-0.15, -0.1) is 0 Å². The lowest BCUT2D eigenvalue weighted by Gasteiger charge is -2.63. The fraction of sp³-hybridized carbons (Fsp3) is 0.773. The number of fused-ring (bicyclic) bond motifs is 5. The van der Waals surface area contributed by atoms with Gasteiger partial charge in [0.2, 0.25) is 0 Å². The number of carbonyl (C=O) groups is 1. The lowest BCUT2D eigenvalue weighted by molar-refractivity contribution is -0.159. The monoisotopic (exact) mass is 362 g/mol. The summed E-state index contributed by atoms with van der Waals surface area (Å²) in [5.41, 5.74) is 0.713. The van der Waals surface area contributed by atoms with Gasteiger partial charge in [-0.2, -0.15) is 0 Å². The predicted molar refractivity (Wildman–Crippen MR) is 101 cm³/mol. The average Bonchev–Trinajstić information content (AvgIpc) is 2.58. The van der Waals surface area contributed by atoms with Crippen LogP contribution in [0.25, 0.3) is 0 Å². The Morgan fingerprint density at radius 3 is 2.72 bits per heavy atom. The van der Waals surface area contributed by atoms with E-state index in [2.05, 4.69) is 32.9 Å². The Morgan fingerprint density at radius 2 is 2.00 bits per heavy atom. The zero-order valence-electron chi connectivity index (χ0n) is 15.8. The molecule has 4 aliphatic carbocycles. The molecule has 2 fully saturated rings. The molecular weight excluding hydrogens is 332 g/mol. The maximum absolute atomic E-state index is 12.1. The molecule has 0 radical (unpaired) electrons. The summed E-state index contributed by atoms with van der Waals surface area (Å²) in [6, 6.07) is 0. The highest BCUT2D eigenvalue weighted by molar-refractivity contribution is 6.43. The van der Waals surface area contributed by atoms with Crippen LogP contribution in [0, 0.1) is 28.6 Å². The lowest BCUT2D eigenvalue weighted by Crippen LogP contribution is -2.59. The zero-order valence-corrected chi connectivity index (χ0v) is 16.5. The van der Waals surface area contributed by atoms with Crippen LogP contribution in [0.3, 0.4) is 0 Å².